The van der Waals surface area contributed by atoms with Gasteiger partial charge in [-0.1, -0.05) is 59.1 Å². The minimum atomic E-state index is -1.94. The number of carbonyl (C=O) groups is 1. The highest BCUT2D eigenvalue weighted by Gasteiger charge is 2.35. The lowest BCUT2D eigenvalue weighted by Crippen LogP contribution is -2.49. The molecule has 2 N–H and O–H groups in total. The van der Waals surface area contributed by atoms with Gasteiger partial charge in [0.1, 0.15) is 17.5 Å². The Kier molecular flexibility index (Phi) is 6.52. The SMILES string of the molecule is COc1ccccc1NC(NC(=O)c1ccccc1[N+](=O)[O-])C(Cl)(Cl)Cl. The Morgan fingerprint density at radius 2 is 1.77 bits per heavy atom. The van der Waals surface area contributed by atoms with Crippen molar-refractivity contribution in [3.05, 3.63) is 64.2 Å². The molecule has 2 rings (SSSR count). The van der Waals surface area contributed by atoms with Gasteiger partial charge in [-0.15, -0.1) is 0 Å². The van der Waals surface area contributed by atoms with Crippen molar-refractivity contribution in [2.45, 2.75) is 9.96 Å². The molecular weight excluding hydrogens is 405 g/mol. The van der Waals surface area contributed by atoms with Crippen LogP contribution in [0.2, 0.25) is 0 Å². The van der Waals surface area contributed by atoms with E-state index in [4.69, 9.17) is 39.5 Å². The Morgan fingerprint density at radius 3 is 2.38 bits per heavy atom. The largest absolute Gasteiger partial charge is 0.495 e. The highest BCUT2D eigenvalue weighted by Crippen LogP contribution is 2.33. The smallest absolute Gasteiger partial charge is 0.282 e. The number of carbonyl (C=O) groups excluding carboxylic acids is 1. The van der Waals surface area contributed by atoms with Crippen LogP contribution in [0.1, 0.15) is 10.4 Å². The Labute approximate surface area is 164 Å². The molecule has 10 heteroatoms. The molecule has 26 heavy (non-hydrogen) atoms. The molecule has 2 aromatic rings. The number of nitro benzene ring substituents is 1. The number of amides is 1. The summed E-state index contributed by atoms with van der Waals surface area (Å²) in [7, 11) is 1.47. The predicted molar refractivity (Wildman–Crippen MR) is 101 cm³/mol. The van der Waals surface area contributed by atoms with Gasteiger partial charge in [-0.3, -0.25) is 14.9 Å². The van der Waals surface area contributed by atoms with E-state index in [1.165, 1.54) is 31.4 Å². The van der Waals surface area contributed by atoms with E-state index in [-0.39, 0.29) is 11.3 Å². The summed E-state index contributed by atoms with van der Waals surface area (Å²) in [5, 5.41) is 16.4. The van der Waals surface area contributed by atoms with E-state index in [0.29, 0.717) is 11.4 Å². The minimum Gasteiger partial charge on any atom is -0.495 e. The van der Waals surface area contributed by atoms with E-state index < -0.39 is 20.8 Å². The van der Waals surface area contributed by atoms with Crippen molar-refractivity contribution in [3.63, 3.8) is 0 Å². The summed E-state index contributed by atoms with van der Waals surface area (Å²) < 4.78 is 3.26. The maximum Gasteiger partial charge on any atom is 0.282 e. The number of para-hydroxylation sites is 3. The summed E-state index contributed by atoms with van der Waals surface area (Å²) >= 11 is 17.9. The van der Waals surface area contributed by atoms with Crippen molar-refractivity contribution in [3.8, 4) is 5.75 Å². The van der Waals surface area contributed by atoms with E-state index >= 15 is 0 Å². The molecule has 1 amide bonds. The van der Waals surface area contributed by atoms with Gasteiger partial charge in [0.15, 0.2) is 0 Å². The number of nitrogens with zero attached hydrogens (tertiary/aromatic N) is 1. The van der Waals surface area contributed by atoms with Crippen LogP contribution < -0.4 is 15.4 Å². The number of rotatable bonds is 6. The molecule has 0 saturated carbocycles. The molecule has 0 radical (unpaired) electrons. The first-order valence-corrected chi connectivity index (χ1v) is 8.38. The Bertz CT molecular complexity index is 811. The predicted octanol–water partition coefficient (Wildman–Crippen LogP) is 4.14. The number of alkyl halides is 3. The van der Waals surface area contributed by atoms with Crippen LogP contribution in [0.15, 0.2) is 48.5 Å². The standard InChI is InChI=1S/C16H14Cl3N3O4/c1-26-13-9-5-3-7-11(13)20-15(16(17,18)19)21-14(23)10-6-2-4-8-12(10)22(24)25/h2-9,15,20H,1H3,(H,21,23). The van der Waals surface area contributed by atoms with E-state index in [1.807, 2.05) is 0 Å². The summed E-state index contributed by atoms with van der Waals surface area (Å²) in [5.74, 6) is -0.303. The average Bonchev–Trinajstić information content (AvgIpc) is 2.60. The molecule has 0 spiro atoms. The highest BCUT2D eigenvalue weighted by atomic mass is 35.6. The molecule has 0 saturated heterocycles. The van der Waals surface area contributed by atoms with Crippen molar-refractivity contribution < 1.29 is 14.5 Å². The quantitative estimate of drug-likeness (QED) is 0.318. The molecule has 0 aliphatic heterocycles. The highest BCUT2D eigenvalue weighted by molar-refractivity contribution is 6.68. The zero-order valence-corrected chi connectivity index (χ0v) is 15.7. The van der Waals surface area contributed by atoms with Gasteiger partial charge in [-0.25, -0.2) is 0 Å². The van der Waals surface area contributed by atoms with E-state index in [2.05, 4.69) is 10.6 Å². The second-order valence-electron chi connectivity index (χ2n) is 5.07. The minimum absolute atomic E-state index is 0.154. The third kappa shape index (κ3) is 4.91. The topological polar surface area (TPSA) is 93.5 Å². The zero-order valence-electron chi connectivity index (χ0n) is 13.4. The van der Waals surface area contributed by atoms with Crippen LogP contribution in [-0.2, 0) is 0 Å². The third-order valence-electron chi connectivity index (χ3n) is 3.35. The van der Waals surface area contributed by atoms with Gasteiger partial charge < -0.3 is 15.4 Å². The van der Waals surface area contributed by atoms with Gasteiger partial charge in [0, 0.05) is 6.07 Å². The van der Waals surface area contributed by atoms with Gasteiger partial charge in [0.05, 0.1) is 17.7 Å². The fourth-order valence-electron chi connectivity index (χ4n) is 2.15. The molecule has 0 fully saturated rings. The van der Waals surface area contributed by atoms with E-state index in [9.17, 15) is 14.9 Å². The van der Waals surface area contributed by atoms with Crippen LogP contribution in [0.5, 0.6) is 5.75 Å². The van der Waals surface area contributed by atoms with Crippen LogP contribution in [0, 0.1) is 10.1 Å². The second kappa shape index (κ2) is 8.44. The van der Waals surface area contributed by atoms with Crippen LogP contribution in [0.3, 0.4) is 0 Å². The molecule has 0 heterocycles. The third-order valence-corrected chi connectivity index (χ3v) is 4.01. The number of hydrogen-bond acceptors (Lipinski definition) is 5. The summed E-state index contributed by atoms with van der Waals surface area (Å²) in [4.78, 5) is 22.9. The van der Waals surface area contributed by atoms with Crippen molar-refractivity contribution >= 4 is 52.1 Å². The van der Waals surface area contributed by atoms with Crippen LogP contribution in [0.4, 0.5) is 11.4 Å². The first-order chi connectivity index (χ1) is 12.2. The van der Waals surface area contributed by atoms with Gasteiger partial charge in [0.25, 0.3) is 11.6 Å². The number of hydrogen-bond donors (Lipinski definition) is 2. The van der Waals surface area contributed by atoms with Crippen LogP contribution in [0.25, 0.3) is 0 Å². The maximum absolute atomic E-state index is 12.5. The summed E-state index contributed by atoms with van der Waals surface area (Å²) in [6, 6.07) is 12.3. The fraction of sp³-hybridized carbons (Fsp3) is 0.188. The first-order valence-electron chi connectivity index (χ1n) is 7.24. The molecule has 0 aliphatic rings. The maximum atomic E-state index is 12.5. The van der Waals surface area contributed by atoms with Gasteiger partial charge in [-0.2, -0.15) is 0 Å². The number of methoxy groups -OCH3 is 1. The van der Waals surface area contributed by atoms with Crippen molar-refractivity contribution in [1.82, 2.24) is 5.32 Å². The first kappa shape index (κ1) is 20.1. The van der Waals surface area contributed by atoms with Crippen molar-refractivity contribution in [2.24, 2.45) is 0 Å². The van der Waals surface area contributed by atoms with E-state index in [1.54, 1.807) is 24.3 Å². The van der Waals surface area contributed by atoms with Gasteiger partial charge in [0.2, 0.25) is 3.79 Å². The molecule has 1 atom stereocenters. The molecular formula is C16H14Cl3N3O4. The van der Waals surface area contributed by atoms with Gasteiger partial charge >= 0.3 is 0 Å². The fourth-order valence-corrected chi connectivity index (χ4v) is 2.48. The Hall–Kier alpha value is -2.22. The number of nitrogens with one attached hydrogen (secondary N) is 2. The molecule has 138 valence electrons. The lowest BCUT2D eigenvalue weighted by Gasteiger charge is -2.28. The monoisotopic (exact) mass is 417 g/mol. The van der Waals surface area contributed by atoms with Crippen molar-refractivity contribution in [2.75, 3.05) is 12.4 Å². The lowest BCUT2D eigenvalue weighted by atomic mass is 10.1. The normalized spacial score (nSPS) is 12.2. The number of halogens is 3. The molecule has 2 aromatic carbocycles. The van der Waals surface area contributed by atoms with Crippen LogP contribution >= 0.6 is 34.8 Å². The molecule has 7 nitrogen and oxygen atoms in total. The summed E-state index contributed by atoms with van der Waals surface area (Å²) in [6.07, 6.45) is -1.18. The number of anilines is 1. The molecule has 0 bridgehead atoms. The molecule has 1 unspecified atom stereocenters. The molecule has 0 aliphatic carbocycles. The average molecular weight is 419 g/mol. The Balaban J connectivity index is 2.29. The number of nitro groups is 1. The number of ether oxygens (including phenoxy) is 1. The van der Waals surface area contributed by atoms with Crippen molar-refractivity contribution in [1.29, 1.82) is 0 Å². The summed E-state index contributed by atoms with van der Waals surface area (Å²) in [6.45, 7) is 0. The van der Waals surface area contributed by atoms with Gasteiger partial charge in [-0.05, 0) is 18.2 Å². The Morgan fingerprint density at radius 1 is 1.15 bits per heavy atom. The lowest BCUT2D eigenvalue weighted by molar-refractivity contribution is -0.385. The number of benzene rings is 2. The van der Waals surface area contributed by atoms with Crippen LogP contribution in [-0.4, -0.2) is 27.9 Å². The molecule has 0 aromatic heterocycles. The van der Waals surface area contributed by atoms with E-state index in [0.717, 1.165) is 0 Å². The second-order valence-corrected chi connectivity index (χ2v) is 7.44. The zero-order chi connectivity index (χ0) is 19.3. The summed E-state index contributed by atoms with van der Waals surface area (Å²) in [5.41, 5.74) is -0.0434.